The van der Waals surface area contributed by atoms with Crippen molar-refractivity contribution in [2.45, 2.75) is 58.2 Å². The molecule has 9 nitrogen and oxygen atoms in total. The quantitative estimate of drug-likeness (QED) is 0.407. The maximum atomic E-state index is 13.5. The smallest absolute Gasteiger partial charge is 0.243 e. The van der Waals surface area contributed by atoms with Crippen molar-refractivity contribution in [1.82, 2.24) is 15.5 Å². The van der Waals surface area contributed by atoms with Crippen LogP contribution < -0.4 is 22.1 Å². The molecule has 0 aromatic rings. The molecule has 2 bridgehead atoms. The predicted molar refractivity (Wildman–Crippen MR) is 118 cm³/mol. The van der Waals surface area contributed by atoms with E-state index in [4.69, 9.17) is 11.5 Å². The molecule has 0 aromatic heterocycles. The summed E-state index contributed by atoms with van der Waals surface area (Å²) < 4.78 is 0. The Hall–Kier alpha value is -2.42. The Labute approximate surface area is 188 Å². The fourth-order valence-electron chi connectivity index (χ4n) is 5.99. The second-order valence-corrected chi connectivity index (χ2v) is 10.9. The first-order chi connectivity index (χ1) is 15.0. The van der Waals surface area contributed by atoms with Gasteiger partial charge in [0.1, 0.15) is 12.1 Å². The van der Waals surface area contributed by atoms with Crippen LogP contribution in [0.1, 0.15) is 40.0 Å². The highest BCUT2D eigenvalue weighted by Crippen LogP contribution is 2.54. The number of fused-ring (bicyclic) bond motifs is 5. The Kier molecular flexibility index (Phi) is 5.81. The van der Waals surface area contributed by atoms with Gasteiger partial charge in [-0.05, 0) is 48.3 Å². The van der Waals surface area contributed by atoms with E-state index >= 15 is 0 Å². The number of rotatable bonds is 6. The molecule has 2 aliphatic carbocycles. The van der Waals surface area contributed by atoms with Crippen molar-refractivity contribution in [2.24, 2.45) is 46.5 Å². The molecular weight excluding hydrogens is 410 g/mol. The van der Waals surface area contributed by atoms with Crippen LogP contribution in [-0.4, -0.2) is 59.7 Å². The van der Waals surface area contributed by atoms with Gasteiger partial charge in [-0.15, -0.1) is 0 Å². The highest BCUT2D eigenvalue weighted by atomic mass is 16.2. The number of nitrogens with zero attached hydrogens (tertiary/aromatic N) is 1. The van der Waals surface area contributed by atoms with Crippen LogP contribution in [0.3, 0.4) is 0 Å². The van der Waals surface area contributed by atoms with E-state index in [-0.39, 0.29) is 47.8 Å². The van der Waals surface area contributed by atoms with E-state index in [0.29, 0.717) is 25.4 Å². The minimum Gasteiger partial charge on any atom is -0.368 e. The van der Waals surface area contributed by atoms with E-state index in [2.05, 4.69) is 22.8 Å². The number of carbonyl (C=O) groups excluding carboxylic acids is 4. The zero-order valence-corrected chi connectivity index (χ0v) is 19.0. The summed E-state index contributed by atoms with van der Waals surface area (Å²) in [6.07, 6.45) is 6.11. The fraction of sp³-hybridized carbons (Fsp3) is 0.739. The monoisotopic (exact) mass is 445 g/mol. The van der Waals surface area contributed by atoms with Crippen LogP contribution in [0.4, 0.5) is 0 Å². The molecule has 32 heavy (non-hydrogen) atoms. The maximum absolute atomic E-state index is 13.5. The van der Waals surface area contributed by atoms with Crippen LogP contribution in [-0.2, 0) is 19.2 Å². The third-order valence-electron chi connectivity index (χ3n) is 7.89. The minimum absolute atomic E-state index is 0.00410. The molecule has 4 aliphatic rings. The zero-order chi connectivity index (χ0) is 23.4. The van der Waals surface area contributed by atoms with Gasteiger partial charge in [0.2, 0.25) is 23.6 Å². The number of likely N-dealkylation sites (tertiary alicyclic amines) is 1. The molecule has 0 radical (unpaired) electrons. The molecule has 0 unspecified atom stereocenters. The summed E-state index contributed by atoms with van der Waals surface area (Å²) in [6.45, 7) is 6.76. The van der Waals surface area contributed by atoms with Gasteiger partial charge in [-0.1, -0.05) is 32.9 Å². The SMILES string of the molecule is CC(C)(C)[C@H](N)C(=O)N1C[C@H]2[C@@H]([C@H]1C(=O)N[C@@H](C[C@@H]1CCNC1=O)C(N)=O)[C@H]1C=C[C@@H]2C1. The molecule has 4 rings (SSSR count). The summed E-state index contributed by atoms with van der Waals surface area (Å²) in [6, 6.07) is -2.39. The largest absolute Gasteiger partial charge is 0.368 e. The van der Waals surface area contributed by atoms with E-state index < -0.39 is 29.4 Å². The number of allylic oxidation sites excluding steroid dienone is 2. The third kappa shape index (κ3) is 3.91. The lowest BCUT2D eigenvalue weighted by molar-refractivity contribution is -0.143. The summed E-state index contributed by atoms with van der Waals surface area (Å²) in [5.41, 5.74) is 11.4. The van der Waals surface area contributed by atoms with Crippen LogP contribution in [0.15, 0.2) is 12.2 Å². The topological polar surface area (TPSA) is 148 Å². The first-order valence-corrected chi connectivity index (χ1v) is 11.6. The Morgan fingerprint density at radius 3 is 2.53 bits per heavy atom. The van der Waals surface area contributed by atoms with Gasteiger partial charge in [0.25, 0.3) is 0 Å². The number of primary amides is 1. The van der Waals surface area contributed by atoms with Crippen molar-refractivity contribution in [1.29, 1.82) is 0 Å². The van der Waals surface area contributed by atoms with E-state index in [1.54, 1.807) is 4.90 Å². The average Bonchev–Trinajstić information content (AvgIpc) is 3.47. The normalized spacial score (nSPS) is 34.9. The number of amides is 4. The summed E-state index contributed by atoms with van der Waals surface area (Å²) in [4.78, 5) is 52.6. The fourth-order valence-corrected chi connectivity index (χ4v) is 5.99. The van der Waals surface area contributed by atoms with Gasteiger partial charge in [-0.3, -0.25) is 19.2 Å². The van der Waals surface area contributed by atoms with E-state index in [1.165, 1.54) is 0 Å². The van der Waals surface area contributed by atoms with Crippen LogP contribution in [0, 0.1) is 35.0 Å². The molecular formula is C23H35N5O4. The minimum atomic E-state index is -0.960. The summed E-state index contributed by atoms with van der Waals surface area (Å²) >= 11 is 0. The van der Waals surface area contributed by atoms with Gasteiger partial charge in [0.15, 0.2) is 0 Å². The van der Waals surface area contributed by atoms with Crippen molar-refractivity contribution >= 4 is 23.6 Å². The third-order valence-corrected chi connectivity index (χ3v) is 7.89. The predicted octanol–water partition coefficient (Wildman–Crippen LogP) is -0.495. The second kappa shape index (κ2) is 8.17. The summed E-state index contributed by atoms with van der Waals surface area (Å²) in [7, 11) is 0. The molecule has 3 fully saturated rings. The number of hydrogen-bond donors (Lipinski definition) is 4. The molecule has 6 N–H and O–H groups in total. The highest BCUT2D eigenvalue weighted by Gasteiger charge is 2.58. The summed E-state index contributed by atoms with van der Waals surface area (Å²) in [5, 5.41) is 5.53. The van der Waals surface area contributed by atoms with Gasteiger partial charge in [0.05, 0.1) is 6.04 Å². The zero-order valence-electron chi connectivity index (χ0n) is 19.0. The highest BCUT2D eigenvalue weighted by molar-refractivity contribution is 5.94. The molecule has 4 amide bonds. The van der Waals surface area contributed by atoms with Crippen molar-refractivity contribution < 1.29 is 19.2 Å². The first kappa shape index (κ1) is 22.8. The lowest BCUT2D eigenvalue weighted by Gasteiger charge is -2.35. The Morgan fingerprint density at radius 1 is 1.25 bits per heavy atom. The number of carbonyl (C=O) groups is 4. The van der Waals surface area contributed by atoms with Gasteiger partial charge in [0, 0.05) is 19.0 Å². The van der Waals surface area contributed by atoms with Gasteiger partial charge in [-0.25, -0.2) is 0 Å². The van der Waals surface area contributed by atoms with Crippen molar-refractivity contribution in [3.8, 4) is 0 Å². The lowest BCUT2D eigenvalue weighted by atomic mass is 9.81. The molecule has 9 heteroatoms. The summed E-state index contributed by atoms with van der Waals surface area (Å²) in [5.74, 6) is -0.972. The van der Waals surface area contributed by atoms with Crippen molar-refractivity contribution in [3.05, 3.63) is 12.2 Å². The van der Waals surface area contributed by atoms with Crippen molar-refractivity contribution in [2.75, 3.05) is 13.1 Å². The van der Waals surface area contributed by atoms with Crippen molar-refractivity contribution in [3.63, 3.8) is 0 Å². The van der Waals surface area contributed by atoms with Gasteiger partial charge in [-0.2, -0.15) is 0 Å². The van der Waals surface area contributed by atoms with Crippen LogP contribution in [0.2, 0.25) is 0 Å². The Balaban J connectivity index is 1.56. The number of nitrogens with one attached hydrogen (secondary N) is 2. The van der Waals surface area contributed by atoms with Gasteiger partial charge < -0.3 is 27.0 Å². The number of nitrogens with two attached hydrogens (primary N) is 2. The molecule has 176 valence electrons. The molecule has 8 atom stereocenters. The average molecular weight is 446 g/mol. The van der Waals surface area contributed by atoms with Crippen LogP contribution >= 0.6 is 0 Å². The molecule has 2 aliphatic heterocycles. The second-order valence-electron chi connectivity index (χ2n) is 10.9. The first-order valence-electron chi connectivity index (χ1n) is 11.6. The standard InChI is InChI=1S/C23H35N5O4/c1-23(2,3)18(24)22(32)28-10-14-11-4-5-12(8-11)16(14)17(28)21(31)27-15(19(25)29)9-13-6-7-26-20(13)30/h4-5,11-18H,6-10,24H2,1-3H3,(H2,25,29)(H,26,30)(H,27,31)/t11-,12+,13+,14-,15+,16+,17+,18-/m1/s1. The Bertz CT molecular complexity index is 850. The van der Waals surface area contributed by atoms with E-state index in [1.807, 2.05) is 20.8 Å². The van der Waals surface area contributed by atoms with Crippen LogP contribution in [0.5, 0.6) is 0 Å². The molecule has 2 heterocycles. The maximum Gasteiger partial charge on any atom is 0.243 e. The molecule has 0 aromatic carbocycles. The Morgan fingerprint density at radius 2 is 1.94 bits per heavy atom. The number of hydrogen-bond acceptors (Lipinski definition) is 5. The molecule has 1 saturated carbocycles. The van der Waals surface area contributed by atoms with E-state index in [9.17, 15) is 19.2 Å². The van der Waals surface area contributed by atoms with Crippen LogP contribution in [0.25, 0.3) is 0 Å². The lowest BCUT2D eigenvalue weighted by Crippen LogP contribution is -2.58. The van der Waals surface area contributed by atoms with Gasteiger partial charge >= 0.3 is 0 Å². The molecule has 0 spiro atoms. The molecule has 2 saturated heterocycles. The van der Waals surface area contributed by atoms with E-state index in [0.717, 1.165) is 6.42 Å².